The van der Waals surface area contributed by atoms with Crippen LogP contribution in [0.3, 0.4) is 0 Å². The molecule has 0 amide bonds. The van der Waals surface area contributed by atoms with Crippen LogP contribution in [0.4, 0.5) is 0 Å². The van der Waals surface area contributed by atoms with Crippen molar-refractivity contribution in [2.24, 2.45) is 7.05 Å². The summed E-state index contributed by atoms with van der Waals surface area (Å²) >= 11 is 3.37. The highest BCUT2D eigenvalue weighted by atomic mass is 79.9. The summed E-state index contributed by atoms with van der Waals surface area (Å²) in [6, 6.07) is 5.66. The first-order valence-corrected chi connectivity index (χ1v) is 5.65. The summed E-state index contributed by atoms with van der Waals surface area (Å²) < 4.78 is 2.57. The van der Waals surface area contributed by atoms with Gasteiger partial charge in [-0.05, 0) is 25.1 Å². The van der Waals surface area contributed by atoms with Crippen molar-refractivity contribution in [2.75, 3.05) is 0 Å². The minimum absolute atomic E-state index is 0.559. The Labute approximate surface area is 101 Å². The van der Waals surface area contributed by atoms with E-state index in [0.717, 1.165) is 21.1 Å². The molecule has 1 N–H and O–H groups in total. The maximum atomic E-state index is 11.0. The van der Waals surface area contributed by atoms with E-state index in [1.165, 1.54) is 0 Å². The van der Waals surface area contributed by atoms with Gasteiger partial charge in [0.15, 0.2) is 0 Å². The summed E-state index contributed by atoms with van der Waals surface area (Å²) in [5.41, 5.74) is 1.54. The van der Waals surface area contributed by atoms with Crippen molar-refractivity contribution in [3.8, 4) is 0 Å². The van der Waals surface area contributed by atoms with Crippen LogP contribution in [0.15, 0.2) is 22.7 Å². The Balaban J connectivity index is 2.69. The Morgan fingerprint density at radius 1 is 1.56 bits per heavy atom. The number of hydrogen-bond acceptors (Lipinski definition) is 2. The van der Waals surface area contributed by atoms with Crippen LogP contribution in [0, 0.1) is 0 Å². The fourth-order valence-corrected chi connectivity index (χ4v) is 2.17. The summed E-state index contributed by atoms with van der Waals surface area (Å²) in [7, 11) is 1.77. The Kier molecular flexibility index (Phi) is 2.71. The fraction of sp³-hybridized carbons (Fsp3) is 0.273. The van der Waals surface area contributed by atoms with Gasteiger partial charge in [0.2, 0.25) is 0 Å². The van der Waals surface area contributed by atoms with Crippen LogP contribution in [0.5, 0.6) is 0 Å². The van der Waals surface area contributed by atoms with Gasteiger partial charge in [-0.1, -0.05) is 15.9 Å². The molecule has 1 aromatic carbocycles. The third kappa shape index (κ3) is 1.71. The van der Waals surface area contributed by atoms with E-state index in [0.29, 0.717) is 0 Å². The van der Waals surface area contributed by atoms with Gasteiger partial charge in [-0.3, -0.25) is 9.48 Å². The van der Waals surface area contributed by atoms with Crippen LogP contribution >= 0.6 is 15.9 Å². The van der Waals surface area contributed by atoms with E-state index in [4.69, 9.17) is 5.11 Å². The lowest BCUT2D eigenvalue weighted by molar-refractivity contribution is -0.138. The average molecular weight is 283 g/mol. The van der Waals surface area contributed by atoms with Gasteiger partial charge in [-0.2, -0.15) is 5.10 Å². The molecule has 0 saturated heterocycles. The molecule has 2 aromatic rings. The standard InChI is InChI=1S/C11H11BrN2O2/c1-6(11(15)16)10-8-4-3-7(12)5-9(8)13-14(10)2/h3-6H,1-2H3,(H,15,16). The maximum absolute atomic E-state index is 11.0. The molecule has 5 heteroatoms. The number of carbonyl (C=O) groups is 1. The van der Waals surface area contributed by atoms with Crippen LogP contribution < -0.4 is 0 Å². The molecule has 1 atom stereocenters. The lowest BCUT2D eigenvalue weighted by Crippen LogP contribution is -2.12. The molecule has 16 heavy (non-hydrogen) atoms. The smallest absolute Gasteiger partial charge is 0.312 e. The largest absolute Gasteiger partial charge is 0.481 e. The quantitative estimate of drug-likeness (QED) is 0.921. The van der Waals surface area contributed by atoms with Crippen LogP contribution in [0.1, 0.15) is 18.5 Å². The summed E-state index contributed by atoms with van der Waals surface area (Å²) in [6.07, 6.45) is 0. The fourth-order valence-electron chi connectivity index (χ4n) is 1.82. The van der Waals surface area contributed by atoms with Gasteiger partial charge in [0.1, 0.15) is 0 Å². The zero-order chi connectivity index (χ0) is 11.9. The van der Waals surface area contributed by atoms with Crippen molar-refractivity contribution in [3.63, 3.8) is 0 Å². The summed E-state index contributed by atoms with van der Waals surface area (Å²) in [6.45, 7) is 1.67. The van der Waals surface area contributed by atoms with Crippen molar-refractivity contribution in [3.05, 3.63) is 28.4 Å². The predicted molar refractivity (Wildman–Crippen MR) is 64.5 cm³/mol. The molecule has 0 spiro atoms. The van der Waals surface area contributed by atoms with Crippen LogP contribution in [0.25, 0.3) is 10.9 Å². The topological polar surface area (TPSA) is 55.1 Å². The molecular weight excluding hydrogens is 272 g/mol. The molecule has 1 unspecified atom stereocenters. The predicted octanol–water partition coefficient (Wildman–Crippen LogP) is 2.52. The van der Waals surface area contributed by atoms with Crippen molar-refractivity contribution in [2.45, 2.75) is 12.8 Å². The maximum Gasteiger partial charge on any atom is 0.312 e. The molecule has 0 bridgehead atoms. The van der Waals surface area contributed by atoms with Crippen LogP contribution in [-0.4, -0.2) is 20.9 Å². The number of rotatable bonds is 2. The summed E-state index contributed by atoms with van der Waals surface area (Å²) in [5.74, 6) is -1.40. The second kappa shape index (κ2) is 3.90. The van der Waals surface area contributed by atoms with E-state index in [1.807, 2.05) is 18.2 Å². The lowest BCUT2D eigenvalue weighted by Gasteiger charge is -2.06. The Morgan fingerprint density at radius 3 is 2.88 bits per heavy atom. The Morgan fingerprint density at radius 2 is 2.25 bits per heavy atom. The van der Waals surface area contributed by atoms with Gasteiger partial charge in [0.05, 0.1) is 17.1 Å². The van der Waals surface area contributed by atoms with Crippen molar-refractivity contribution >= 4 is 32.8 Å². The summed E-state index contributed by atoms with van der Waals surface area (Å²) in [5, 5.41) is 14.2. The van der Waals surface area contributed by atoms with E-state index in [1.54, 1.807) is 18.7 Å². The van der Waals surface area contributed by atoms with E-state index in [9.17, 15) is 4.79 Å². The second-order valence-corrected chi connectivity index (χ2v) is 4.65. The molecule has 0 saturated carbocycles. The molecule has 2 rings (SSSR count). The number of aryl methyl sites for hydroxylation is 1. The monoisotopic (exact) mass is 282 g/mol. The minimum atomic E-state index is -0.840. The number of hydrogen-bond donors (Lipinski definition) is 1. The van der Waals surface area contributed by atoms with E-state index in [-0.39, 0.29) is 0 Å². The number of carboxylic acid groups (broad SMARTS) is 1. The van der Waals surface area contributed by atoms with Crippen LogP contribution in [-0.2, 0) is 11.8 Å². The zero-order valence-corrected chi connectivity index (χ0v) is 10.5. The molecule has 4 nitrogen and oxygen atoms in total. The molecule has 1 aromatic heterocycles. The van der Waals surface area contributed by atoms with Gasteiger partial charge in [-0.25, -0.2) is 0 Å². The molecular formula is C11H11BrN2O2. The molecule has 0 aliphatic heterocycles. The number of carboxylic acids is 1. The Bertz CT molecular complexity index is 562. The number of benzene rings is 1. The van der Waals surface area contributed by atoms with E-state index < -0.39 is 11.9 Å². The highest BCUT2D eigenvalue weighted by Crippen LogP contribution is 2.27. The first kappa shape index (κ1) is 11.1. The van der Waals surface area contributed by atoms with Gasteiger partial charge >= 0.3 is 5.97 Å². The molecule has 0 fully saturated rings. The zero-order valence-electron chi connectivity index (χ0n) is 8.94. The molecule has 0 aliphatic carbocycles. The first-order chi connectivity index (χ1) is 7.50. The van der Waals surface area contributed by atoms with E-state index in [2.05, 4.69) is 21.0 Å². The lowest BCUT2D eigenvalue weighted by atomic mass is 10.0. The minimum Gasteiger partial charge on any atom is -0.481 e. The Hall–Kier alpha value is -1.36. The summed E-state index contributed by atoms with van der Waals surface area (Å²) in [4.78, 5) is 11.0. The number of nitrogens with zero attached hydrogens (tertiary/aromatic N) is 2. The third-order valence-corrected chi connectivity index (χ3v) is 3.12. The molecule has 0 radical (unpaired) electrons. The SMILES string of the molecule is CC(C(=O)O)c1c2ccc(Br)cc2nn1C. The van der Waals surface area contributed by atoms with Gasteiger partial charge < -0.3 is 5.11 Å². The highest BCUT2D eigenvalue weighted by molar-refractivity contribution is 9.10. The van der Waals surface area contributed by atoms with Crippen molar-refractivity contribution in [1.29, 1.82) is 0 Å². The van der Waals surface area contributed by atoms with Crippen molar-refractivity contribution < 1.29 is 9.90 Å². The first-order valence-electron chi connectivity index (χ1n) is 4.85. The normalized spacial score (nSPS) is 12.9. The molecule has 84 valence electrons. The average Bonchev–Trinajstić information content (AvgIpc) is 2.51. The van der Waals surface area contributed by atoms with Crippen molar-refractivity contribution in [1.82, 2.24) is 9.78 Å². The number of fused-ring (bicyclic) bond motifs is 1. The molecule has 1 heterocycles. The number of halogens is 1. The second-order valence-electron chi connectivity index (χ2n) is 3.73. The van der Waals surface area contributed by atoms with Gasteiger partial charge in [-0.15, -0.1) is 0 Å². The number of aromatic nitrogens is 2. The van der Waals surface area contributed by atoms with Gasteiger partial charge in [0.25, 0.3) is 0 Å². The van der Waals surface area contributed by atoms with Gasteiger partial charge in [0, 0.05) is 16.9 Å². The van der Waals surface area contributed by atoms with Crippen LogP contribution in [0.2, 0.25) is 0 Å². The number of aliphatic carboxylic acids is 1. The third-order valence-electron chi connectivity index (χ3n) is 2.62. The highest BCUT2D eigenvalue weighted by Gasteiger charge is 2.21. The molecule has 0 aliphatic rings. The van der Waals surface area contributed by atoms with E-state index >= 15 is 0 Å².